The second-order valence-electron chi connectivity index (χ2n) is 6.37. The fourth-order valence-corrected chi connectivity index (χ4v) is 2.71. The van der Waals surface area contributed by atoms with Crippen LogP contribution in [-0.4, -0.2) is 25.5 Å². The van der Waals surface area contributed by atoms with Gasteiger partial charge in [-0.3, -0.25) is 9.59 Å². The lowest BCUT2D eigenvalue weighted by atomic mass is 10.2. The Labute approximate surface area is 169 Å². The predicted molar refractivity (Wildman–Crippen MR) is 112 cm³/mol. The van der Waals surface area contributed by atoms with E-state index in [4.69, 9.17) is 9.47 Å². The number of rotatable bonds is 7. The van der Waals surface area contributed by atoms with Gasteiger partial charge < -0.3 is 20.1 Å². The van der Waals surface area contributed by atoms with Crippen molar-refractivity contribution in [3.63, 3.8) is 0 Å². The van der Waals surface area contributed by atoms with Crippen LogP contribution in [0.2, 0.25) is 0 Å². The number of methoxy groups -OCH3 is 1. The fraction of sp³-hybridized carbons (Fsp3) is 0.130. The Bertz CT molecular complexity index is 1000. The molecule has 3 aromatic carbocycles. The van der Waals surface area contributed by atoms with Crippen molar-refractivity contribution < 1.29 is 19.1 Å². The van der Waals surface area contributed by atoms with Crippen molar-refractivity contribution in [3.05, 3.63) is 83.9 Å². The normalized spacial score (nSPS) is 10.1. The van der Waals surface area contributed by atoms with Crippen LogP contribution < -0.4 is 20.1 Å². The summed E-state index contributed by atoms with van der Waals surface area (Å²) in [4.78, 5) is 24.4. The molecule has 0 bridgehead atoms. The van der Waals surface area contributed by atoms with Crippen molar-refractivity contribution >= 4 is 17.5 Å². The molecule has 0 atom stereocenters. The lowest BCUT2D eigenvalue weighted by Crippen LogP contribution is -2.33. The lowest BCUT2D eigenvalue weighted by molar-refractivity contribution is -0.115. The van der Waals surface area contributed by atoms with Crippen LogP contribution in [0.3, 0.4) is 0 Å². The summed E-state index contributed by atoms with van der Waals surface area (Å²) >= 11 is 0. The van der Waals surface area contributed by atoms with Gasteiger partial charge in [-0.2, -0.15) is 0 Å². The van der Waals surface area contributed by atoms with E-state index in [-0.39, 0.29) is 18.4 Å². The molecule has 3 aromatic rings. The Balaban J connectivity index is 1.52. The summed E-state index contributed by atoms with van der Waals surface area (Å²) in [5, 5.41) is 5.32. The minimum absolute atomic E-state index is 0.154. The zero-order chi connectivity index (χ0) is 20.6. The lowest BCUT2D eigenvalue weighted by Gasteiger charge is -2.10. The molecule has 2 N–H and O–H groups in total. The number of nitrogens with one attached hydrogen (secondary N) is 2. The van der Waals surface area contributed by atoms with Gasteiger partial charge in [0.1, 0.15) is 17.2 Å². The number of amides is 2. The highest BCUT2D eigenvalue weighted by atomic mass is 16.5. The molecule has 0 heterocycles. The number of anilines is 1. The van der Waals surface area contributed by atoms with Crippen molar-refractivity contribution in [1.29, 1.82) is 0 Å². The van der Waals surface area contributed by atoms with E-state index in [1.54, 1.807) is 48.5 Å². The molecule has 0 aliphatic carbocycles. The van der Waals surface area contributed by atoms with Crippen LogP contribution in [0, 0.1) is 6.92 Å². The van der Waals surface area contributed by atoms with Gasteiger partial charge in [-0.1, -0.05) is 24.3 Å². The average molecular weight is 390 g/mol. The molecule has 3 rings (SSSR count). The van der Waals surface area contributed by atoms with Gasteiger partial charge in [-0.25, -0.2) is 0 Å². The van der Waals surface area contributed by atoms with E-state index in [2.05, 4.69) is 10.6 Å². The molecular formula is C23H22N2O4. The molecule has 6 nitrogen and oxygen atoms in total. The highest BCUT2D eigenvalue weighted by molar-refractivity contribution is 6.00. The molecule has 0 aliphatic heterocycles. The summed E-state index contributed by atoms with van der Waals surface area (Å²) in [7, 11) is 1.49. The minimum Gasteiger partial charge on any atom is -0.496 e. The molecule has 0 fully saturated rings. The number of ether oxygens (including phenoxy) is 2. The quantitative estimate of drug-likeness (QED) is 0.635. The van der Waals surface area contributed by atoms with Crippen molar-refractivity contribution in [2.45, 2.75) is 6.92 Å². The number of hydrogen-bond acceptors (Lipinski definition) is 4. The second-order valence-corrected chi connectivity index (χ2v) is 6.37. The van der Waals surface area contributed by atoms with E-state index in [1.165, 1.54) is 7.11 Å². The fourth-order valence-electron chi connectivity index (χ4n) is 2.71. The third-order valence-electron chi connectivity index (χ3n) is 4.12. The minimum atomic E-state index is -0.375. The van der Waals surface area contributed by atoms with Gasteiger partial charge in [0.15, 0.2) is 0 Å². The first-order valence-electron chi connectivity index (χ1n) is 9.11. The molecule has 0 aromatic heterocycles. The van der Waals surface area contributed by atoms with Crippen LogP contribution in [0.1, 0.15) is 15.9 Å². The van der Waals surface area contributed by atoms with Crippen LogP contribution in [0.25, 0.3) is 0 Å². The number of aryl methyl sites for hydroxylation is 1. The van der Waals surface area contributed by atoms with E-state index in [0.717, 1.165) is 11.3 Å². The molecule has 0 radical (unpaired) electrons. The first-order valence-corrected chi connectivity index (χ1v) is 9.11. The maximum Gasteiger partial charge on any atom is 0.255 e. The van der Waals surface area contributed by atoms with E-state index in [0.29, 0.717) is 22.7 Å². The van der Waals surface area contributed by atoms with E-state index in [9.17, 15) is 9.59 Å². The largest absolute Gasteiger partial charge is 0.496 e. The maximum atomic E-state index is 12.2. The van der Waals surface area contributed by atoms with Crippen molar-refractivity contribution in [3.8, 4) is 17.2 Å². The average Bonchev–Trinajstić information content (AvgIpc) is 2.73. The molecule has 0 spiro atoms. The van der Waals surface area contributed by atoms with Gasteiger partial charge >= 0.3 is 0 Å². The summed E-state index contributed by atoms with van der Waals surface area (Å²) < 4.78 is 10.9. The first-order chi connectivity index (χ1) is 14.0. The Morgan fingerprint density at radius 1 is 0.897 bits per heavy atom. The van der Waals surface area contributed by atoms with Gasteiger partial charge in [0, 0.05) is 5.69 Å². The molecule has 29 heavy (non-hydrogen) atoms. The Hall–Kier alpha value is -3.80. The number of carbonyl (C=O) groups excluding carboxylic acids is 2. The van der Waals surface area contributed by atoms with Crippen LogP contribution in [0.4, 0.5) is 5.69 Å². The standard InChI is InChI=1S/C23H22N2O4/c1-16-6-5-7-19(14-16)29-18-12-10-17(11-13-18)25-22(26)15-24-23(27)20-8-3-4-9-21(20)28-2/h3-14H,15H2,1-2H3,(H,24,27)(H,25,26). The summed E-state index contributed by atoms with van der Waals surface area (Å²) in [6, 6.07) is 21.6. The summed E-state index contributed by atoms with van der Waals surface area (Å²) in [6.45, 7) is 1.84. The monoisotopic (exact) mass is 390 g/mol. The van der Waals surface area contributed by atoms with Gasteiger partial charge in [-0.15, -0.1) is 0 Å². The number of benzene rings is 3. The predicted octanol–water partition coefficient (Wildman–Crippen LogP) is 4.16. The molecule has 0 unspecified atom stereocenters. The van der Waals surface area contributed by atoms with E-state index in [1.807, 2.05) is 31.2 Å². The Morgan fingerprint density at radius 2 is 1.66 bits per heavy atom. The maximum absolute atomic E-state index is 12.2. The topological polar surface area (TPSA) is 76.7 Å². The molecule has 0 saturated carbocycles. The molecule has 6 heteroatoms. The SMILES string of the molecule is COc1ccccc1C(=O)NCC(=O)Nc1ccc(Oc2cccc(C)c2)cc1. The smallest absolute Gasteiger partial charge is 0.255 e. The van der Waals surface area contributed by atoms with Gasteiger partial charge in [0.25, 0.3) is 5.91 Å². The van der Waals surface area contributed by atoms with E-state index >= 15 is 0 Å². The van der Waals surface area contributed by atoms with Gasteiger partial charge in [0.05, 0.1) is 19.2 Å². The van der Waals surface area contributed by atoms with Crippen LogP contribution >= 0.6 is 0 Å². The molecule has 2 amide bonds. The number of para-hydroxylation sites is 1. The summed E-state index contributed by atoms with van der Waals surface area (Å²) in [6.07, 6.45) is 0. The third-order valence-corrected chi connectivity index (χ3v) is 4.12. The second kappa shape index (κ2) is 9.41. The van der Waals surface area contributed by atoms with Crippen molar-refractivity contribution in [2.24, 2.45) is 0 Å². The van der Waals surface area contributed by atoms with E-state index < -0.39 is 0 Å². The Kier molecular flexibility index (Phi) is 6.47. The molecule has 0 saturated heterocycles. The van der Waals surface area contributed by atoms with Crippen LogP contribution in [0.15, 0.2) is 72.8 Å². The van der Waals surface area contributed by atoms with Crippen molar-refractivity contribution in [1.82, 2.24) is 5.32 Å². The zero-order valence-corrected chi connectivity index (χ0v) is 16.3. The number of hydrogen-bond donors (Lipinski definition) is 2. The van der Waals surface area contributed by atoms with Crippen molar-refractivity contribution in [2.75, 3.05) is 19.0 Å². The molecular weight excluding hydrogens is 368 g/mol. The molecule has 148 valence electrons. The van der Waals surface area contributed by atoms with Gasteiger partial charge in [0.2, 0.25) is 5.91 Å². The third kappa shape index (κ3) is 5.59. The van der Waals surface area contributed by atoms with Gasteiger partial charge in [-0.05, 0) is 61.0 Å². The Morgan fingerprint density at radius 3 is 2.38 bits per heavy atom. The van der Waals surface area contributed by atoms with Crippen LogP contribution in [0.5, 0.6) is 17.2 Å². The summed E-state index contributed by atoms with van der Waals surface area (Å²) in [5.74, 6) is 1.16. The zero-order valence-electron chi connectivity index (χ0n) is 16.3. The number of carbonyl (C=O) groups is 2. The highest BCUT2D eigenvalue weighted by Crippen LogP contribution is 2.23. The highest BCUT2D eigenvalue weighted by Gasteiger charge is 2.12. The van der Waals surface area contributed by atoms with Crippen LogP contribution in [-0.2, 0) is 4.79 Å². The molecule has 0 aliphatic rings. The first kappa shape index (κ1) is 19.9. The summed E-state index contributed by atoms with van der Waals surface area (Å²) in [5.41, 5.74) is 2.10.